The van der Waals surface area contributed by atoms with E-state index in [9.17, 15) is 14.4 Å². The zero-order valence-electron chi connectivity index (χ0n) is 18.6. The summed E-state index contributed by atoms with van der Waals surface area (Å²) < 4.78 is 16.3. The van der Waals surface area contributed by atoms with Crippen LogP contribution in [0.5, 0.6) is 0 Å². The van der Waals surface area contributed by atoms with Crippen LogP contribution in [-0.2, 0) is 25.6 Å². The van der Waals surface area contributed by atoms with Crippen LogP contribution >= 0.6 is 0 Å². The number of esters is 1. The molecule has 30 heavy (non-hydrogen) atoms. The fourth-order valence-electron chi connectivity index (χ4n) is 2.87. The molecule has 0 aromatic heterocycles. The molecule has 8 nitrogen and oxygen atoms in total. The lowest BCUT2D eigenvalue weighted by Gasteiger charge is -2.40. The van der Waals surface area contributed by atoms with Gasteiger partial charge in [-0.3, -0.25) is 4.90 Å². The Hall–Kier alpha value is -2.77. The minimum Gasteiger partial charge on any atom is -0.458 e. The van der Waals surface area contributed by atoms with Gasteiger partial charge < -0.3 is 19.1 Å². The van der Waals surface area contributed by atoms with Gasteiger partial charge in [-0.2, -0.15) is 0 Å². The van der Waals surface area contributed by atoms with Crippen molar-refractivity contribution in [1.82, 2.24) is 9.80 Å². The van der Waals surface area contributed by atoms with Gasteiger partial charge in [-0.15, -0.1) is 0 Å². The van der Waals surface area contributed by atoms with E-state index >= 15 is 0 Å². The Morgan fingerprint density at radius 2 is 1.50 bits per heavy atom. The lowest BCUT2D eigenvalue weighted by molar-refractivity contribution is -0.163. The zero-order valence-corrected chi connectivity index (χ0v) is 18.6. The molecule has 2 amide bonds. The summed E-state index contributed by atoms with van der Waals surface area (Å²) in [5.74, 6) is -0.589. The highest BCUT2D eigenvalue weighted by Crippen LogP contribution is 2.20. The van der Waals surface area contributed by atoms with Crippen molar-refractivity contribution in [3.8, 4) is 0 Å². The largest absolute Gasteiger partial charge is 0.458 e. The van der Waals surface area contributed by atoms with Crippen LogP contribution in [0.1, 0.15) is 47.1 Å². The van der Waals surface area contributed by atoms with Crippen LogP contribution in [-0.4, -0.2) is 64.8 Å². The van der Waals surface area contributed by atoms with Crippen LogP contribution in [0.4, 0.5) is 9.59 Å². The molecule has 0 spiro atoms. The molecule has 1 heterocycles. The van der Waals surface area contributed by atoms with Crippen molar-refractivity contribution in [2.75, 3.05) is 19.6 Å². The van der Waals surface area contributed by atoms with Gasteiger partial charge in [0.25, 0.3) is 0 Å². The summed E-state index contributed by atoms with van der Waals surface area (Å²) in [5.41, 5.74) is -0.574. The molecule has 1 aliphatic heterocycles. The summed E-state index contributed by atoms with van der Waals surface area (Å²) in [6, 6.07) is 8.35. The second-order valence-electron chi connectivity index (χ2n) is 9.21. The maximum Gasteiger partial charge on any atom is 0.411 e. The van der Waals surface area contributed by atoms with Crippen molar-refractivity contribution in [3.05, 3.63) is 35.9 Å². The van der Waals surface area contributed by atoms with E-state index in [0.717, 1.165) is 5.56 Å². The fraction of sp³-hybridized carbons (Fsp3) is 0.591. The first-order valence-corrected chi connectivity index (χ1v) is 10.0. The van der Waals surface area contributed by atoms with E-state index in [1.54, 1.807) is 41.5 Å². The van der Waals surface area contributed by atoms with E-state index in [1.807, 2.05) is 30.3 Å². The number of piperazine rings is 1. The summed E-state index contributed by atoms with van der Waals surface area (Å²) in [5, 5.41) is 0. The highest BCUT2D eigenvalue weighted by molar-refractivity contribution is 5.83. The highest BCUT2D eigenvalue weighted by atomic mass is 16.6. The first kappa shape index (κ1) is 23.5. The van der Waals surface area contributed by atoms with Gasteiger partial charge in [0, 0.05) is 13.1 Å². The van der Waals surface area contributed by atoms with Gasteiger partial charge in [0.2, 0.25) is 0 Å². The molecule has 0 aliphatic carbocycles. The normalized spacial score (nSPS) is 17.3. The van der Waals surface area contributed by atoms with Crippen LogP contribution in [0, 0.1) is 0 Å². The molecule has 8 heteroatoms. The van der Waals surface area contributed by atoms with Gasteiger partial charge in [-0.25, -0.2) is 14.4 Å². The SMILES string of the molecule is CC(C)(C)OC(=O)[C@H]1CN(C(=O)OCc2ccccc2)CCN1C(=O)OC(C)(C)C. The van der Waals surface area contributed by atoms with Crippen molar-refractivity contribution in [2.24, 2.45) is 0 Å². The van der Waals surface area contributed by atoms with Crippen LogP contribution in [0.25, 0.3) is 0 Å². The average molecular weight is 421 g/mol. The Morgan fingerprint density at radius 1 is 0.900 bits per heavy atom. The molecule has 1 aromatic carbocycles. The van der Waals surface area contributed by atoms with E-state index in [0.29, 0.717) is 0 Å². The number of carbonyl (C=O) groups is 3. The zero-order chi connectivity index (χ0) is 22.5. The number of nitrogens with zero attached hydrogens (tertiary/aromatic N) is 2. The van der Waals surface area contributed by atoms with E-state index in [-0.39, 0.29) is 26.2 Å². The standard InChI is InChI=1S/C22H32N2O6/c1-21(2,3)29-18(25)17-14-23(12-13-24(17)20(27)30-22(4,5)6)19(26)28-15-16-10-8-7-9-11-16/h7-11,17H,12-15H2,1-6H3/t17-/m1/s1. The lowest BCUT2D eigenvalue weighted by atomic mass is 10.1. The molecule has 1 saturated heterocycles. The van der Waals surface area contributed by atoms with Gasteiger partial charge in [-0.1, -0.05) is 30.3 Å². The number of hydrogen-bond acceptors (Lipinski definition) is 6. The van der Waals surface area contributed by atoms with E-state index < -0.39 is 35.4 Å². The maximum atomic E-state index is 12.8. The molecule has 1 aromatic rings. The molecule has 2 rings (SSSR count). The van der Waals surface area contributed by atoms with Crippen molar-refractivity contribution in [2.45, 2.75) is 65.4 Å². The Bertz CT molecular complexity index is 751. The summed E-state index contributed by atoms with van der Waals surface area (Å²) >= 11 is 0. The highest BCUT2D eigenvalue weighted by Gasteiger charge is 2.41. The minimum absolute atomic E-state index is 0.0260. The molecular formula is C22H32N2O6. The van der Waals surface area contributed by atoms with E-state index in [1.165, 1.54) is 9.80 Å². The molecule has 0 bridgehead atoms. The Morgan fingerprint density at radius 3 is 2.07 bits per heavy atom. The fourth-order valence-corrected chi connectivity index (χ4v) is 2.87. The Labute approximate surface area is 178 Å². The van der Waals surface area contributed by atoms with Crippen molar-refractivity contribution < 1.29 is 28.6 Å². The number of benzene rings is 1. The Kier molecular flexibility index (Phi) is 7.34. The first-order valence-electron chi connectivity index (χ1n) is 10.0. The van der Waals surface area contributed by atoms with Crippen molar-refractivity contribution in [1.29, 1.82) is 0 Å². The first-order chi connectivity index (χ1) is 13.9. The number of hydrogen-bond donors (Lipinski definition) is 0. The minimum atomic E-state index is -0.975. The topological polar surface area (TPSA) is 85.4 Å². The van der Waals surface area contributed by atoms with Gasteiger partial charge in [0.15, 0.2) is 6.04 Å². The second kappa shape index (κ2) is 9.36. The molecule has 1 aliphatic rings. The maximum absolute atomic E-state index is 12.8. The smallest absolute Gasteiger partial charge is 0.411 e. The van der Waals surface area contributed by atoms with Gasteiger partial charge in [0.05, 0.1) is 6.54 Å². The molecule has 0 saturated carbocycles. The quantitative estimate of drug-likeness (QED) is 0.549. The number of amides is 2. The summed E-state index contributed by atoms with van der Waals surface area (Å²) in [4.78, 5) is 40.7. The molecule has 0 unspecified atom stereocenters. The summed E-state index contributed by atoms with van der Waals surface area (Å²) in [6.45, 7) is 11.0. The third kappa shape index (κ3) is 7.24. The van der Waals surface area contributed by atoms with Crippen molar-refractivity contribution >= 4 is 18.2 Å². The molecule has 0 N–H and O–H groups in total. The monoisotopic (exact) mass is 420 g/mol. The molecule has 1 atom stereocenters. The van der Waals surface area contributed by atoms with Gasteiger partial charge >= 0.3 is 18.2 Å². The summed E-state index contributed by atoms with van der Waals surface area (Å²) in [7, 11) is 0. The third-order valence-electron chi connectivity index (χ3n) is 4.15. The van der Waals surface area contributed by atoms with Crippen LogP contribution in [0.2, 0.25) is 0 Å². The number of ether oxygens (including phenoxy) is 3. The number of rotatable bonds is 3. The van der Waals surface area contributed by atoms with Crippen LogP contribution in [0.3, 0.4) is 0 Å². The molecule has 0 radical (unpaired) electrons. The molecule has 1 fully saturated rings. The predicted molar refractivity (Wildman–Crippen MR) is 111 cm³/mol. The third-order valence-corrected chi connectivity index (χ3v) is 4.15. The van der Waals surface area contributed by atoms with E-state index in [2.05, 4.69) is 0 Å². The van der Waals surface area contributed by atoms with Crippen LogP contribution < -0.4 is 0 Å². The van der Waals surface area contributed by atoms with Crippen LogP contribution in [0.15, 0.2) is 30.3 Å². The van der Waals surface area contributed by atoms with Gasteiger partial charge in [0.1, 0.15) is 17.8 Å². The van der Waals surface area contributed by atoms with E-state index in [4.69, 9.17) is 14.2 Å². The second-order valence-corrected chi connectivity index (χ2v) is 9.21. The predicted octanol–water partition coefficient (Wildman–Crippen LogP) is 3.59. The Balaban J connectivity index is 2.09. The van der Waals surface area contributed by atoms with Gasteiger partial charge in [-0.05, 0) is 47.1 Å². The molecule has 166 valence electrons. The number of carbonyl (C=O) groups excluding carboxylic acids is 3. The summed E-state index contributed by atoms with van der Waals surface area (Å²) in [6.07, 6.45) is -1.16. The molecular weight excluding hydrogens is 388 g/mol. The lowest BCUT2D eigenvalue weighted by Crippen LogP contribution is -2.61. The average Bonchev–Trinajstić information content (AvgIpc) is 2.63. The van der Waals surface area contributed by atoms with Crippen molar-refractivity contribution in [3.63, 3.8) is 0 Å².